The summed E-state index contributed by atoms with van der Waals surface area (Å²) in [4.78, 5) is 21.4. The number of hydrogen-bond acceptors (Lipinski definition) is 4. The Kier molecular flexibility index (Phi) is 3.18. The third kappa shape index (κ3) is 2.69. The molecule has 1 aromatic rings. The highest BCUT2D eigenvalue weighted by Gasteiger charge is 2.14. The van der Waals surface area contributed by atoms with Crippen LogP contribution in [0.5, 0.6) is 0 Å². The number of rotatable bonds is 4. The van der Waals surface area contributed by atoms with Gasteiger partial charge in [-0.05, 0) is 6.42 Å². The molecule has 0 aromatic heterocycles. The molecule has 0 saturated heterocycles. The van der Waals surface area contributed by atoms with Crippen molar-refractivity contribution in [3.63, 3.8) is 0 Å². The van der Waals surface area contributed by atoms with E-state index >= 15 is 0 Å². The molecule has 1 aromatic carbocycles. The summed E-state index contributed by atoms with van der Waals surface area (Å²) in [5.41, 5.74) is 1.58. The van der Waals surface area contributed by atoms with Crippen LogP contribution in [0, 0.1) is 10.1 Å². The van der Waals surface area contributed by atoms with Crippen LogP contribution in [0.3, 0.4) is 0 Å². The number of nitro benzene ring substituents is 1. The van der Waals surface area contributed by atoms with Gasteiger partial charge in [-0.15, -0.1) is 0 Å². The first-order valence-electron chi connectivity index (χ1n) is 5.36. The molecule has 0 atom stereocenters. The second-order valence-electron chi connectivity index (χ2n) is 3.88. The highest BCUT2D eigenvalue weighted by atomic mass is 16.6. The van der Waals surface area contributed by atoms with Crippen molar-refractivity contribution < 1.29 is 9.72 Å². The molecule has 1 aliphatic rings. The van der Waals surface area contributed by atoms with Gasteiger partial charge in [0.15, 0.2) is 5.78 Å². The van der Waals surface area contributed by atoms with Crippen molar-refractivity contribution >= 4 is 11.5 Å². The second-order valence-corrected chi connectivity index (χ2v) is 3.88. The molecule has 88 valence electrons. The fourth-order valence-electron chi connectivity index (χ4n) is 1.78. The van der Waals surface area contributed by atoms with E-state index in [2.05, 4.69) is 5.32 Å². The SMILES string of the molecule is O=C1C=C(NCc2ccccc2[N+](=O)[O-])CC1. The van der Waals surface area contributed by atoms with E-state index in [1.165, 1.54) is 6.07 Å². The van der Waals surface area contributed by atoms with Crippen molar-refractivity contribution in [3.8, 4) is 0 Å². The molecule has 17 heavy (non-hydrogen) atoms. The van der Waals surface area contributed by atoms with Crippen molar-refractivity contribution in [1.82, 2.24) is 5.32 Å². The van der Waals surface area contributed by atoms with E-state index in [1.54, 1.807) is 24.3 Å². The van der Waals surface area contributed by atoms with Gasteiger partial charge >= 0.3 is 0 Å². The number of nitrogens with one attached hydrogen (secondary N) is 1. The Morgan fingerprint density at radius 3 is 2.71 bits per heavy atom. The largest absolute Gasteiger partial charge is 0.384 e. The molecule has 0 fully saturated rings. The van der Waals surface area contributed by atoms with Gasteiger partial charge in [-0.1, -0.05) is 18.2 Å². The number of hydrogen-bond donors (Lipinski definition) is 1. The third-order valence-electron chi connectivity index (χ3n) is 2.67. The molecular formula is C12H12N2O3. The number of para-hydroxylation sites is 1. The fourth-order valence-corrected chi connectivity index (χ4v) is 1.78. The van der Waals surface area contributed by atoms with Crippen LogP contribution in [0.1, 0.15) is 18.4 Å². The normalized spacial score (nSPS) is 14.6. The van der Waals surface area contributed by atoms with Gasteiger partial charge in [0.25, 0.3) is 5.69 Å². The van der Waals surface area contributed by atoms with Crippen molar-refractivity contribution in [2.24, 2.45) is 0 Å². The first kappa shape index (κ1) is 11.3. The van der Waals surface area contributed by atoms with Gasteiger partial charge in [0.05, 0.1) is 4.92 Å². The number of ketones is 1. The third-order valence-corrected chi connectivity index (χ3v) is 2.67. The average molecular weight is 232 g/mol. The summed E-state index contributed by atoms with van der Waals surface area (Å²) < 4.78 is 0. The van der Waals surface area contributed by atoms with Gasteiger partial charge in [0.1, 0.15) is 0 Å². The molecular weight excluding hydrogens is 220 g/mol. The molecule has 0 aliphatic heterocycles. The standard InChI is InChI=1S/C12H12N2O3/c15-11-6-5-10(7-11)13-8-9-3-1-2-4-12(9)14(16)17/h1-4,7,13H,5-6,8H2. The van der Waals surface area contributed by atoms with Gasteiger partial charge in [-0.25, -0.2) is 0 Å². The lowest BCUT2D eigenvalue weighted by Gasteiger charge is -2.06. The maximum Gasteiger partial charge on any atom is 0.274 e. The highest BCUT2D eigenvalue weighted by molar-refractivity contribution is 5.92. The fraction of sp³-hybridized carbons (Fsp3) is 0.250. The summed E-state index contributed by atoms with van der Waals surface area (Å²) in [6.45, 7) is 0.371. The van der Waals surface area contributed by atoms with Crippen LogP contribution in [0.25, 0.3) is 0 Å². The maximum absolute atomic E-state index is 11.0. The molecule has 2 rings (SSSR count). The van der Waals surface area contributed by atoms with Gasteiger partial charge in [0, 0.05) is 36.4 Å². The Bertz CT molecular complexity index is 494. The summed E-state index contributed by atoms with van der Waals surface area (Å²) in [5.74, 6) is 0.107. The van der Waals surface area contributed by atoms with Gasteiger partial charge in [-0.2, -0.15) is 0 Å². The first-order valence-corrected chi connectivity index (χ1v) is 5.36. The van der Waals surface area contributed by atoms with Gasteiger partial charge in [0.2, 0.25) is 0 Å². The Morgan fingerprint density at radius 1 is 1.29 bits per heavy atom. The number of carbonyl (C=O) groups is 1. The number of nitrogens with zero attached hydrogens (tertiary/aromatic N) is 1. The monoisotopic (exact) mass is 232 g/mol. The second kappa shape index (κ2) is 4.78. The summed E-state index contributed by atoms with van der Waals surface area (Å²) in [6, 6.07) is 6.59. The lowest BCUT2D eigenvalue weighted by atomic mass is 10.2. The van der Waals surface area contributed by atoms with E-state index in [4.69, 9.17) is 0 Å². The predicted octanol–water partition coefficient (Wildman–Crippen LogP) is 1.93. The smallest absolute Gasteiger partial charge is 0.274 e. The van der Waals surface area contributed by atoms with Gasteiger partial charge < -0.3 is 5.32 Å². The van der Waals surface area contributed by atoms with E-state index in [9.17, 15) is 14.9 Å². The minimum atomic E-state index is -0.398. The Labute approximate surface area is 98.3 Å². The van der Waals surface area contributed by atoms with Crippen LogP contribution in [-0.4, -0.2) is 10.7 Å². The van der Waals surface area contributed by atoms with Crippen molar-refractivity contribution in [1.29, 1.82) is 0 Å². The summed E-state index contributed by atoms with van der Waals surface area (Å²) in [5, 5.41) is 13.8. The predicted molar refractivity (Wildman–Crippen MR) is 62.3 cm³/mol. The summed E-state index contributed by atoms with van der Waals surface area (Å²) in [6.07, 6.45) is 2.79. The van der Waals surface area contributed by atoms with Crippen LogP contribution in [-0.2, 0) is 11.3 Å². The number of benzene rings is 1. The van der Waals surface area contributed by atoms with Crippen LogP contribution in [0.4, 0.5) is 5.69 Å². The molecule has 0 amide bonds. The molecule has 1 aliphatic carbocycles. The minimum absolute atomic E-state index is 0.102. The highest BCUT2D eigenvalue weighted by Crippen LogP contribution is 2.19. The quantitative estimate of drug-likeness (QED) is 0.636. The van der Waals surface area contributed by atoms with Crippen LogP contribution in [0.2, 0.25) is 0 Å². The maximum atomic E-state index is 11.0. The lowest BCUT2D eigenvalue weighted by Crippen LogP contribution is -2.12. The Balaban J connectivity index is 2.06. The topological polar surface area (TPSA) is 72.2 Å². The molecule has 0 saturated carbocycles. The first-order chi connectivity index (χ1) is 8.16. The Hall–Kier alpha value is -2.17. The van der Waals surface area contributed by atoms with Crippen molar-refractivity contribution in [3.05, 3.63) is 51.7 Å². The molecule has 5 nitrogen and oxygen atoms in total. The number of nitro groups is 1. The zero-order valence-corrected chi connectivity index (χ0v) is 9.18. The van der Waals surface area contributed by atoms with Crippen molar-refractivity contribution in [2.75, 3.05) is 0 Å². The Morgan fingerprint density at radius 2 is 2.06 bits per heavy atom. The number of allylic oxidation sites excluding steroid dienone is 2. The van der Waals surface area contributed by atoms with E-state index in [-0.39, 0.29) is 11.5 Å². The molecule has 0 bridgehead atoms. The molecule has 0 unspecified atom stereocenters. The zero-order chi connectivity index (χ0) is 12.3. The van der Waals surface area contributed by atoms with Crippen LogP contribution >= 0.6 is 0 Å². The number of carbonyl (C=O) groups excluding carboxylic acids is 1. The minimum Gasteiger partial charge on any atom is -0.384 e. The van der Waals surface area contributed by atoms with E-state index < -0.39 is 4.92 Å². The molecule has 0 heterocycles. The molecule has 1 N–H and O–H groups in total. The van der Waals surface area contributed by atoms with E-state index in [0.717, 1.165) is 5.70 Å². The molecule has 0 radical (unpaired) electrons. The lowest BCUT2D eigenvalue weighted by molar-refractivity contribution is -0.385. The van der Waals surface area contributed by atoms with Crippen LogP contribution in [0.15, 0.2) is 36.0 Å². The van der Waals surface area contributed by atoms with Crippen LogP contribution < -0.4 is 5.32 Å². The molecule has 0 spiro atoms. The van der Waals surface area contributed by atoms with E-state index in [0.29, 0.717) is 24.9 Å². The molecule has 5 heteroatoms. The zero-order valence-electron chi connectivity index (χ0n) is 9.18. The van der Waals surface area contributed by atoms with Gasteiger partial charge in [-0.3, -0.25) is 14.9 Å². The average Bonchev–Trinajstić information content (AvgIpc) is 2.73. The van der Waals surface area contributed by atoms with Crippen molar-refractivity contribution in [2.45, 2.75) is 19.4 Å². The summed E-state index contributed by atoms with van der Waals surface area (Å²) in [7, 11) is 0. The van der Waals surface area contributed by atoms with E-state index in [1.807, 2.05) is 0 Å². The summed E-state index contributed by atoms with van der Waals surface area (Å²) >= 11 is 0.